The lowest BCUT2D eigenvalue weighted by atomic mass is 10.2. The van der Waals surface area contributed by atoms with E-state index in [9.17, 15) is 4.79 Å². The SMILES string of the molecule is Cc1ccc(Cl)cc1NC(=O)C(C)n1ncc(Br)c1C. The summed E-state index contributed by atoms with van der Waals surface area (Å²) in [5.74, 6) is -0.130. The molecule has 1 atom stereocenters. The Labute approximate surface area is 131 Å². The molecule has 1 amide bonds. The Morgan fingerprint density at radius 1 is 1.45 bits per heavy atom. The van der Waals surface area contributed by atoms with Gasteiger partial charge in [-0.2, -0.15) is 5.10 Å². The molecule has 0 saturated carbocycles. The maximum Gasteiger partial charge on any atom is 0.248 e. The average Bonchev–Trinajstić information content (AvgIpc) is 2.73. The maximum absolute atomic E-state index is 12.3. The Morgan fingerprint density at radius 3 is 2.75 bits per heavy atom. The van der Waals surface area contributed by atoms with Crippen molar-refractivity contribution in [3.63, 3.8) is 0 Å². The molecule has 1 N–H and O–H groups in total. The van der Waals surface area contributed by atoms with Crippen LogP contribution in [0.3, 0.4) is 0 Å². The molecule has 0 saturated heterocycles. The molecular formula is C14H15BrClN3O. The predicted molar refractivity (Wildman–Crippen MR) is 84.2 cm³/mol. The highest BCUT2D eigenvalue weighted by atomic mass is 79.9. The van der Waals surface area contributed by atoms with Gasteiger partial charge in [0.05, 0.1) is 16.4 Å². The molecule has 2 aromatic rings. The summed E-state index contributed by atoms with van der Waals surface area (Å²) >= 11 is 9.34. The van der Waals surface area contributed by atoms with Crippen LogP contribution in [-0.2, 0) is 4.79 Å². The van der Waals surface area contributed by atoms with Gasteiger partial charge >= 0.3 is 0 Å². The lowest BCUT2D eigenvalue weighted by molar-refractivity contribution is -0.119. The van der Waals surface area contributed by atoms with Gasteiger partial charge in [-0.15, -0.1) is 0 Å². The Morgan fingerprint density at radius 2 is 2.15 bits per heavy atom. The van der Waals surface area contributed by atoms with Crippen molar-refractivity contribution in [2.75, 3.05) is 5.32 Å². The number of amides is 1. The van der Waals surface area contributed by atoms with E-state index in [1.807, 2.05) is 26.8 Å². The van der Waals surface area contributed by atoms with Crippen molar-refractivity contribution in [1.82, 2.24) is 9.78 Å². The molecule has 1 aromatic heterocycles. The fraction of sp³-hybridized carbons (Fsp3) is 0.286. The van der Waals surface area contributed by atoms with Gasteiger partial charge in [0.2, 0.25) is 5.91 Å². The van der Waals surface area contributed by atoms with Gasteiger partial charge in [0.1, 0.15) is 6.04 Å². The van der Waals surface area contributed by atoms with Crippen LogP contribution < -0.4 is 5.32 Å². The number of anilines is 1. The van der Waals surface area contributed by atoms with Gasteiger partial charge < -0.3 is 5.32 Å². The molecule has 0 fully saturated rings. The Hall–Kier alpha value is -1.33. The number of aryl methyl sites for hydroxylation is 1. The zero-order valence-corrected chi connectivity index (χ0v) is 13.8. The van der Waals surface area contributed by atoms with E-state index < -0.39 is 6.04 Å². The van der Waals surface area contributed by atoms with E-state index in [2.05, 4.69) is 26.3 Å². The molecule has 1 heterocycles. The highest BCUT2D eigenvalue weighted by Gasteiger charge is 2.19. The molecule has 0 aliphatic heterocycles. The second kappa shape index (κ2) is 5.97. The van der Waals surface area contributed by atoms with Gasteiger partial charge in [-0.1, -0.05) is 17.7 Å². The zero-order chi connectivity index (χ0) is 14.9. The number of rotatable bonds is 3. The van der Waals surface area contributed by atoms with Crippen molar-refractivity contribution < 1.29 is 4.79 Å². The molecule has 1 unspecified atom stereocenters. The van der Waals surface area contributed by atoms with E-state index >= 15 is 0 Å². The summed E-state index contributed by atoms with van der Waals surface area (Å²) in [5.41, 5.74) is 2.60. The number of halogens is 2. The standard InChI is InChI=1S/C14H15BrClN3O/c1-8-4-5-11(16)6-13(8)18-14(20)10(3)19-9(2)12(15)7-17-19/h4-7,10H,1-3H3,(H,18,20). The topological polar surface area (TPSA) is 46.9 Å². The minimum Gasteiger partial charge on any atom is -0.324 e. The first-order chi connectivity index (χ1) is 9.40. The van der Waals surface area contributed by atoms with Crippen LogP contribution in [0.25, 0.3) is 0 Å². The Balaban J connectivity index is 2.20. The molecular weight excluding hydrogens is 342 g/mol. The molecule has 2 rings (SSSR count). The lowest BCUT2D eigenvalue weighted by Gasteiger charge is -2.16. The first-order valence-corrected chi connectivity index (χ1v) is 7.34. The second-order valence-electron chi connectivity index (χ2n) is 4.65. The summed E-state index contributed by atoms with van der Waals surface area (Å²) in [7, 11) is 0. The number of benzene rings is 1. The average molecular weight is 357 g/mol. The Bertz CT molecular complexity index is 654. The third-order valence-electron chi connectivity index (χ3n) is 3.19. The van der Waals surface area contributed by atoms with Gasteiger partial charge in [-0.3, -0.25) is 9.48 Å². The second-order valence-corrected chi connectivity index (χ2v) is 5.94. The summed E-state index contributed by atoms with van der Waals surface area (Å²) in [6, 6.07) is 5.01. The van der Waals surface area contributed by atoms with Gasteiger partial charge in [-0.25, -0.2) is 0 Å². The molecule has 20 heavy (non-hydrogen) atoms. The summed E-state index contributed by atoms with van der Waals surface area (Å²) < 4.78 is 2.57. The first kappa shape index (κ1) is 15.1. The number of nitrogens with one attached hydrogen (secondary N) is 1. The van der Waals surface area contributed by atoms with E-state index in [0.717, 1.165) is 21.4 Å². The van der Waals surface area contributed by atoms with Crippen molar-refractivity contribution in [2.24, 2.45) is 0 Å². The van der Waals surface area contributed by atoms with Gasteiger partial charge in [-0.05, 0) is 54.4 Å². The van der Waals surface area contributed by atoms with Crippen LogP contribution in [-0.4, -0.2) is 15.7 Å². The lowest BCUT2D eigenvalue weighted by Crippen LogP contribution is -2.25. The van der Waals surface area contributed by atoms with E-state index in [4.69, 9.17) is 11.6 Å². The molecule has 106 valence electrons. The van der Waals surface area contributed by atoms with E-state index in [0.29, 0.717) is 5.02 Å². The monoisotopic (exact) mass is 355 g/mol. The number of nitrogens with zero attached hydrogens (tertiary/aromatic N) is 2. The van der Waals surface area contributed by atoms with E-state index in [-0.39, 0.29) is 5.91 Å². The quantitative estimate of drug-likeness (QED) is 0.899. The summed E-state index contributed by atoms with van der Waals surface area (Å²) in [4.78, 5) is 12.3. The van der Waals surface area contributed by atoms with Gasteiger partial charge in [0.25, 0.3) is 0 Å². The molecule has 0 aliphatic rings. The van der Waals surface area contributed by atoms with E-state index in [1.54, 1.807) is 23.0 Å². The predicted octanol–water partition coefficient (Wildman–Crippen LogP) is 4.12. The third-order valence-corrected chi connectivity index (χ3v) is 4.20. The molecule has 0 radical (unpaired) electrons. The summed E-state index contributed by atoms with van der Waals surface area (Å²) in [6.07, 6.45) is 1.68. The minimum atomic E-state index is -0.403. The van der Waals surface area contributed by atoms with E-state index in [1.165, 1.54) is 0 Å². The van der Waals surface area contributed by atoms with Gasteiger partial charge in [0.15, 0.2) is 0 Å². The molecule has 1 aromatic carbocycles. The summed E-state index contributed by atoms with van der Waals surface area (Å²) in [5, 5.41) is 7.68. The number of carbonyl (C=O) groups excluding carboxylic acids is 1. The number of hydrogen-bond acceptors (Lipinski definition) is 2. The normalized spacial score (nSPS) is 12.2. The fourth-order valence-corrected chi connectivity index (χ4v) is 2.32. The molecule has 0 spiro atoms. The highest BCUT2D eigenvalue weighted by Crippen LogP contribution is 2.23. The molecule has 6 heteroatoms. The maximum atomic E-state index is 12.3. The minimum absolute atomic E-state index is 0.130. The van der Waals surface area contributed by atoms with Crippen molar-refractivity contribution in [3.8, 4) is 0 Å². The molecule has 0 aliphatic carbocycles. The summed E-state index contributed by atoms with van der Waals surface area (Å²) in [6.45, 7) is 5.64. The van der Waals surface area contributed by atoms with Crippen LogP contribution >= 0.6 is 27.5 Å². The van der Waals surface area contributed by atoms with Crippen molar-refractivity contribution in [1.29, 1.82) is 0 Å². The van der Waals surface area contributed by atoms with Crippen LogP contribution in [0, 0.1) is 13.8 Å². The number of hydrogen-bond donors (Lipinski definition) is 1. The first-order valence-electron chi connectivity index (χ1n) is 6.16. The van der Waals surface area contributed by atoms with Crippen LogP contribution in [0.2, 0.25) is 5.02 Å². The largest absolute Gasteiger partial charge is 0.324 e. The smallest absolute Gasteiger partial charge is 0.248 e. The number of carbonyl (C=O) groups is 1. The van der Waals surface area contributed by atoms with Crippen molar-refractivity contribution in [2.45, 2.75) is 26.8 Å². The molecule has 0 bridgehead atoms. The fourth-order valence-electron chi connectivity index (χ4n) is 1.87. The van der Waals surface area contributed by atoms with Crippen molar-refractivity contribution >= 4 is 39.1 Å². The van der Waals surface area contributed by atoms with Gasteiger partial charge in [0, 0.05) is 10.7 Å². The van der Waals surface area contributed by atoms with Crippen LogP contribution in [0.4, 0.5) is 5.69 Å². The Kier molecular flexibility index (Phi) is 4.50. The van der Waals surface area contributed by atoms with Crippen molar-refractivity contribution in [3.05, 3.63) is 45.1 Å². The third kappa shape index (κ3) is 3.04. The zero-order valence-electron chi connectivity index (χ0n) is 11.4. The van der Waals surface area contributed by atoms with Crippen LogP contribution in [0.15, 0.2) is 28.9 Å². The van der Waals surface area contributed by atoms with Crippen LogP contribution in [0.5, 0.6) is 0 Å². The van der Waals surface area contributed by atoms with Crippen LogP contribution in [0.1, 0.15) is 24.2 Å². The highest BCUT2D eigenvalue weighted by molar-refractivity contribution is 9.10. The number of aromatic nitrogens is 2. The molecule has 4 nitrogen and oxygen atoms in total.